The molecule has 0 atom stereocenters. The molecule has 0 aliphatic heterocycles. The maximum absolute atomic E-state index is 6.41. The van der Waals surface area contributed by atoms with E-state index in [-0.39, 0.29) is 0 Å². The molecule has 0 radical (unpaired) electrons. The largest absolute Gasteiger partial charge is 0.382 e. The number of pyridine rings is 1. The molecule has 5 aromatic rings. The third kappa shape index (κ3) is 4.33. The van der Waals surface area contributed by atoms with Crippen molar-refractivity contribution in [2.75, 3.05) is 5.73 Å². The summed E-state index contributed by atoms with van der Waals surface area (Å²) in [6.07, 6.45) is 5.27. The zero-order valence-corrected chi connectivity index (χ0v) is 19.1. The van der Waals surface area contributed by atoms with Gasteiger partial charge in [0, 0.05) is 41.6 Å². The van der Waals surface area contributed by atoms with Crippen molar-refractivity contribution in [3.63, 3.8) is 0 Å². The van der Waals surface area contributed by atoms with Crippen molar-refractivity contribution in [3.8, 4) is 22.5 Å². The molecule has 5 rings (SSSR count). The number of aromatic nitrogens is 5. The minimum atomic E-state index is -0.470. The highest BCUT2D eigenvalue weighted by atomic mass is 15.1. The van der Waals surface area contributed by atoms with Crippen molar-refractivity contribution in [3.05, 3.63) is 96.8 Å². The van der Waals surface area contributed by atoms with Gasteiger partial charge in [0.2, 0.25) is 0 Å². The number of hydrogen-bond acceptors (Lipinski definition) is 7. The van der Waals surface area contributed by atoms with Crippen LogP contribution in [0.5, 0.6) is 0 Å². The molecule has 168 valence electrons. The summed E-state index contributed by atoms with van der Waals surface area (Å²) >= 11 is 0. The van der Waals surface area contributed by atoms with Gasteiger partial charge in [-0.2, -0.15) is 0 Å². The number of benzene rings is 2. The van der Waals surface area contributed by atoms with Crippen molar-refractivity contribution >= 4 is 16.7 Å². The number of fused-ring (bicyclic) bond motifs is 1. The van der Waals surface area contributed by atoms with Gasteiger partial charge in [-0.15, -0.1) is 0 Å². The third-order valence-electron chi connectivity index (χ3n) is 5.75. The predicted octanol–water partition coefficient (Wildman–Crippen LogP) is 4.76. The van der Waals surface area contributed by atoms with Crippen LogP contribution in [0.3, 0.4) is 0 Å². The molecule has 7 heteroatoms. The maximum atomic E-state index is 6.41. The van der Waals surface area contributed by atoms with Crippen LogP contribution in [0.4, 0.5) is 5.82 Å². The number of rotatable bonds is 6. The van der Waals surface area contributed by atoms with Crippen LogP contribution in [-0.2, 0) is 12.1 Å². The summed E-state index contributed by atoms with van der Waals surface area (Å²) in [7, 11) is 0. The first-order valence-corrected chi connectivity index (χ1v) is 11.1. The zero-order chi connectivity index (χ0) is 23.5. The van der Waals surface area contributed by atoms with Crippen molar-refractivity contribution in [2.45, 2.75) is 25.9 Å². The van der Waals surface area contributed by atoms with Crippen LogP contribution in [0, 0.1) is 0 Å². The molecule has 3 N–H and O–H groups in total. The Labute approximate surface area is 198 Å². The smallest absolute Gasteiger partial charge is 0.147 e. The first-order valence-electron chi connectivity index (χ1n) is 11.1. The summed E-state index contributed by atoms with van der Waals surface area (Å²) in [5, 5.41) is 4.52. The van der Waals surface area contributed by atoms with Crippen molar-refractivity contribution < 1.29 is 0 Å². The lowest BCUT2D eigenvalue weighted by Gasteiger charge is -2.25. The van der Waals surface area contributed by atoms with E-state index in [0.29, 0.717) is 23.9 Å². The fraction of sp³-hybridized carbons (Fsp3) is 0.148. The van der Waals surface area contributed by atoms with Gasteiger partial charge in [-0.05, 0) is 38.1 Å². The fourth-order valence-corrected chi connectivity index (χ4v) is 3.84. The SMILES string of the molecule is CC(C)(NCc1nc(-c2ccc3ncccc3c2)c(-c2ccccc2)nc1N)c1ncccn1. The third-order valence-corrected chi connectivity index (χ3v) is 5.75. The number of nitrogens with one attached hydrogen (secondary N) is 1. The van der Waals surface area contributed by atoms with E-state index in [1.54, 1.807) is 24.7 Å². The molecule has 3 heterocycles. The lowest BCUT2D eigenvalue weighted by atomic mass is 10.0. The van der Waals surface area contributed by atoms with Crippen LogP contribution >= 0.6 is 0 Å². The van der Waals surface area contributed by atoms with E-state index in [4.69, 9.17) is 15.7 Å². The Balaban J connectivity index is 1.57. The summed E-state index contributed by atoms with van der Waals surface area (Å²) in [6, 6.07) is 21.9. The minimum absolute atomic E-state index is 0.391. The van der Waals surface area contributed by atoms with Gasteiger partial charge >= 0.3 is 0 Å². The summed E-state index contributed by atoms with van der Waals surface area (Å²) in [5.74, 6) is 1.09. The number of anilines is 1. The Bertz CT molecular complexity index is 1430. The van der Waals surface area contributed by atoms with E-state index in [9.17, 15) is 0 Å². The quantitative estimate of drug-likeness (QED) is 0.387. The van der Waals surface area contributed by atoms with E-state index in [1.807, 2.05) is 68.4 Å². The van der Waals surface area contributed by atoms with E-state index in [2.05, 4.69) is 26.3 Å². The Morgan fingerprint density at radius 2 is 1.50 bits per heavy atom. The Morgan fingerprint density at radius 3 is 2.29 bits per heavy atom. The van der Waals surface area contributed by atoms with E-state index in [1.165, 1.54) is 0 Å². The second kappa shape index (κ2) is 8.96. The second-order valence-corrected chi connectivity index (χ2v) is 8.58. The molecular formula is C27H25N7. The number of nitrogens with zero attached hydrogens (tertiary/aromatic N) is 5. The van der Waals surface area contributed by atoms with Gasteiger partial charge in [0.1, 0.15) is 11.6 Å². The normalized spacial score (nSPS) is 11.6. The molecule has 0 aliphatic rings. The summed E-state index contributed by atoms with van der Waals surface area (Å²) in [6.45, 7) is 4.48. The lowest BCUT2D eigenvalue weighted by molar-refractivity contribution is 0.376. The second-order valence-electron chi connectivity index (χ2n) is 8.58. The molecule has 2 aromatic carbocycles. The van der Waals surface area contributed by atoms with Gasteiger partial charge in [-0.1, -0.05) is 42.5 Å². The van der Waals surface area contributed by atoms with Gasteiger partial charge in [0.05, 0.1) is 28.1 Å². The lowest BCUT2D eigenvalue weighted by Crippen LogP contribution is -2.38. The first kappa shape index (κ1) is 21.6. The monoisotopic (exact) mass is 447 g/mol. The van der Waals surface area contributed by atoms with Crippen LogP contribution in [0.15, 0.2) is 85.3 Å². The van der Waals surface area contributed by atoms with Crippen LogP contribution in [-0.4, -0.2) is 24.9 Å². The zero-order valence-electron chi connectivity index (χ0n) is 19.1. The Morgan fingerprint density at radius 1 is 0.765 bits per heavy atom. The highest BCUT2D eigenvalue weighted by molar-refractivity contribution is 5.87. The van der Waals surface area contributed by atoms with Crippen molar-refractivity contribution in [2.24, 2.45) is 0 Å². The molecule has 7 nitrogen and oxygen atoms in total. The summed E-state index contributed by atoms with van der Waals surface area (Å²) in [5.41, 5.74) is 11.0. The van der Waals surface area contributed by atoms with Gasteiger partial charge in [-0.25, -0.2) is 19.9 Å². The average Bonchev–Trinajstić information content (AvgIpc) is 2.88. The van der Waals surface area contributed by atoms with Crippen LogP contribution in [0.25, 0.3) is 33.4 Å². The van der Waals surface area contributed by atoms with E-state index < -0.39 is 5.54 Å². The van der Waals surface area contributed by atoms with Gasteiger partial charge < -0.3 is 5.73 Å². The van der Waals surface area contributed by atoms with Crippen LogP contribution in [0.2, 0.25) is 0 Å². The van der Waals surface area contributed by atoms with Gasteiger partial charge in [-0.3, -0.25) is 10.3 Å². The Kier molecular flexibility index (Phi) is 5.69. The van der Waals surface area contributed by atoms with Gasteiger partial charge in [0.15, 0.2) is 0 Å². The van der Waals surface area contributed by atoms with Crippen LogP contribution in [0.1, 0.15) is 25.4 Å². The van der Waals surface area contributed by atoms with E-state index >= 15 is 0 Å². The standard InChI is InChI=1S/C27H25N7/c1-27(2,26-30-14-7-15-31-26)32-17-22-25(28)34-23(18-8-4-3-5-9-18)24(33-22)20-11-12-21-19(16-20)10-6-13-29-21/h3-16,32H,17H2,1-2H3,(H2,28,34). The maximum Gasteiger partial charge on any atom is 0.147 e. The number of nitrogens with two attached hydrogens (primary N) is 1. The molecule has 0 aliphatic carbocycles. The molecule has 0 spiro atoms. The predicted molar refractivity (Wildman–Crippen MR) is 135 cm³/mol. The minimum Gasteiger partial charge on any atom is -0.382 e. The van der Waals surface area contributed by atoms with Gasteiger partial charge in [0.25, 0.3) is 0 Å². The van der Waals surface area contributed by atoms with Crippen molar-refractivity contribution in [1.29, 1.82) is 0 Å². The number of hydrogen-bond donors (Lipinski definition) is 2. The Hall–Kier alpha value is -4.23. The summed E-state index contributed by atoms with van der Waals surface area (Å²) in [4.78, 5) is 23.0. The van der Waals surface area contributed by atoms with Crippen LogP contribution < -0.4 is 11.1 Å². The molecule has 34 heavy (non-hydrogen) atoms. The first-order chi connectivity index (χ1) is 16.5. The molecule has 3 aromatic heterocycles. The molecule has 0 fully saturated rings. The summed E-state index contributed by atoms with van der Waals surface area (Å²) < 4.78 is 0. The topological polar surface area (TPSA) is 102 Å². The molecule has 0 unspecified atom stereocenters. The fourth-order valence-electron chi connectivity index (χ4n) is 3.84. The number of nitrogen functional groups attached to an aromatic ring is 1. The molecule has 0 saturated heterocycles. The molecular weight excluding hydrogens is 422 g/mol. The molecule has 0 bridgehead atoms. The average molecular weight is 448 g/mol. The highest BCUT2D eigenvalue weighted by Gasteiger charge is 2.24. The molecule has 0 saturated carbocycles. The van der Waals surface area contributed by atoms with E-state index in [0.717, 1.165) is 33.4 Å². The molecule has 0 amide bonds. The van der Waals surface area contributed by atoms with Crippen molar-refractivity contribution in [1.82, 2.24) is 30.2 Å². The highest BCUT2D eigenvalue weighted by Crippen LogP contribution is 2.32.